The Bertz CT molecular complexity index is 622. The van der Waals surface area contributed by atoms with Gasteiger partial charge in [0.15, 0.2) is 0 Å². The Morgan fingerprint density at radius 1 is 1.38 bits per heavy atom. The Hall–Kier alpha value is -1.44. The fourth-order valence-electron chi connectivity index (χ4n) is 2.33. The van der Waals surface area contributed by atoms with Crippen LogP contribution in [0.2, 0.25) is 0 Å². The van der Waals surface area contributed by atoms with Crippen molar-refractivity contribution in [3.8, 4) is 0 Å². The number of hydrogen-bond donors (Lipinski definition) is 3. The fraction of sp³-hybridized carbons (Fsp3) is 0.500. The van der Waals surface area contributed by atoms with Crippen LogP contribution in [0, 0.1) is 6.92 Å². The highest BCUT2D eigenvalue weighted by Crippen LogP contribution is 2.20. The predicted octanol–water partition coefficient (Wildman–Crippen LogP) is 0.984. The van der Waals surface area contributed by atoms with E-state index in [9.17, 15) is 13.2 Å². The number of carbonyl (C=O) groups is 1. The lowest BCUT2D eigenvalue weighted by Gasteiger charge is -2.23. The molecule has 6 nitrogen and oxygen atoms in total. The van der Waals surface area contributed by atoms with E-state index in [1.807, 2.05) is 6.92 Å². The van der Waals surface area contributed by atoms with Crippen LogP contribution in [0.25, 0.3) is 0 Å². The molecule has 1 heterocycles. The molecule has 0 saturated carbocycles. The summed E-state index contributed by atoms with van der Waals surface area (Å²) < 4.78 is 27.5. The third kappa shape index (κ3) is 4.26. The first-order chi connectivity index (χ1) is 9.88. The molecule has 0 radical (unpaired) electrons. The molecule has 1 aliphatic heterocycles. The summed E-state index contributed by atoms with van der Waals surface area (Å²) in [6.07, 6.45) is 1.79. The Morgan fingerprint density at radius 2 is 2.14 bits per heavy atom. The second-order valence-electron chi connectivity index (χ2n) is 5.32. The van der Waals surface area contributed by atoms with Crippen molar-refractivity contribution in [2.75, 3.05) is 18.4 Å². The zero-order valence-corrected chi connectivity index (χ0v) is 13.1. The van der Waals surface area contributed by atoms with Crippen LogP contribution < -0.4 is 15.4 Å². The van der Waals surface area contributed by atoms with Crippen molar-refractivity contribution in [2.24, 2.45) is 0 Å². The van der Waals surface area contributed by atoms with Crippen LogP contribution in [0.15, 0.2) is 23.1 Å². The van der Waals surface area contributed by atoms with E-state index in [0.717, 1.165) is 24.9 Å². The summed E-state index contributed by atoms with van der Waals surface area (Å²) in [6.45, 7) is 4.78. The van der Waals surface area contributed by atoms with Crippen LogP contribution in [0.5, 0.6) is 0 Å². The minimum Gasteiger partial charge on any atom is -0.326 e. The van der Waals surface area contributed by atoms with E-state index in [0.29, 0.717) is 12.2 Å². The average Bonchev–Trinajstić information content (AvgIpc) is 2.41. The molecule has 1 unspecified atom stereocenters. The smallest absolute Gasteiger partial charge is 0.240 e. The second kappa shape index (κ2) is 6.55. The molecule has 1 aromatic rings. The van der Waals surface area contributed by atoms with Gasteiger partial charge in [-0.3, -0.25) is 4.79 Å². The molecule has 1 saturated heterocycles. The molecule has 0 bridgehead atoms. The number of carbonyl (C=O) groups excluding carboxylic acids is 1. The molecule has 3 N–H and O–H groups in total. The molecule has 7 heteroatoms. The minimum atomic E-state index is -3.58. The topological polar surface area (TPSA) is 87.3 Å². The number of sulfonamides is 1. The Kier molecular flexibility index (Phi) is 4.97. The summed E-state index contributed by atoms with van der Waals surface area (Å²) >= 11 is 0. The number of amides is 1. The maximum Gasteiger partial charge on any atom is 0.240 e. The van der Waals surface area contributed by atoms with Crippen molar-refractivity contribution >= 4 is 21.6 Å². The van der Waals surface area contributed by atoms with Gasteiger partial charge in [-0.1, -0.05) is 6.07 Å². The first kappa shape index (κ1) is 15.9. The van der Waals surface area contributed by atoms with Crippen LogP contribution >= 0.6 is 0 Å². The highest BCUT2D eigenvalue weighted by molar-refractivity contribution is 7.89. The quantitative estimate of drug-likeness (QED) is 0.773. The van der Waals surface area contributed by atoms with Crippen molar-refractivity contribution in [3.05, 3.63) is 23.8 Å². The lowest BCUT2D eigenvalue weighted by molar-refractivity contribution is -0.114. The van der Waals surface area contributed by atoms with E-state index in [-0.39, 0.29) is 16.8 Å². The third-order valence-electron chi connectivity index (χ3n) is 3.45. The molecule has 0 spiro atoms. The number of benzene rings is 1. The maximum atomic E-state index is 12.4. The second-order valence-corrected chi connectivity index (χ2v) is 7.04. The monoisotopic (exact) mass is 311 g/mol. The zero-order chi connectivity index (χ0) is 15.5. The van der Waals surface area contributed by atoms with Gasteiger partial charge in [0.05, 0.1) is 4.90 Å². The first-order valence-corrected chi connectivity index (χ1v) is 8.48. The molecule has 1 aromatic carbocycles. The van der Waals surface area contributed by atoms with Gasteiger partial charge in [0.25, 0.3) is 0 Å². The van der Waals surface area contributed by atoms with Gasteiger partial charge in [-0.25, -0.2) is 13.1 Å². The van der Waals surface area contributed by atoms with Gasteiger partial charge in [0.1, 0.15) is 0 Å². The molecular weight excluding hydrogens is 290 g/mol. The van der Waals surface area contributed by atoms with E-state index in [2.05, 4.69) is 15.4 Å². The molecule has 116 valence electrons. The minimum absolute atomic E-state index is 0.0886. The average molecular weight is 311 g/mol. The number of hydrogen-bond acceptors (Lipinski definition) is 4. The van der Waals surface area contributed by atoms with Crippen molar-refractivity contribution in [2.45, 2.75) is 37.6 Å². The summed E-state index contributed by atoms with van der Waals surface area (Å²) in [6, 6.07) is 4.65. The van der Waals surface area contributed by atoms with Gasteiger partial charge in [-0.15, -0.1) is 0 Å². The normalized spacial score (nSPS) is 19.2. The van der Waals surface area contributed by atoms with Crippen LogP contribution in [0.1, 0.15) is 25.3 Å². The van der Waals surface area contributed by atoms with E-state index >= 15 is 0 Å². The van der Waals surface area contributed by atoms with Crippen LogP contribution in [0.3, 0.4) is 0 Å². The molecule has 2 rings (SSSR count). The van der Waals surface area contributed by atoms with Crippen molar-refractivity contribution in [1.82, 2.24) is 10.0 Å². The number of rotatable bonds is 4. The van der Waals surface area contributed by atoms with E-state index < -0.39 is 10.0 Å². The molecular formula is C14H21N3O3S. The molecule has 21 heavy (non-hydrogen) atoms. The Balaban J connectivity index is 2.20. The number of piperidine rings is 1. The first-order valence-electron chi connectivity index (χ1n) is 7.00. The zero-order valence-electron chi connectivity index (χ0n) is 12.3. The van der Waals surface area contributed by atoms with Crippen LogP contribution in [0.4, 0.5) is 5.69 Å². The highest BCUT2D eigenvalue weighted by atomic mass is 32.2. The van der Waals surface area contributed by atoms with Gasteiger partial charge in [-0.2, -0.15) is 0 Å². The molecule has 1 atom stereocenters. The summed E-state index contributed by atoms with van der Waals surface area (Å²) in [7, 11) is -3.58. The lowest BCUT2D eigenvalue weighted by Crippen LogP contribution is -2.45. The van der Waals surface area contributed by atoms with E-state index in [1.54, 1.807) is 12.1 Å². The maximum absolute atomic E-state index is 12.4. The Morgan fingerprint density at radius 3 is 2.76 bits per heavy atom. The Labute approximate surface area is 125 Å². The summed E-state index contributed by atoms with van der Waals surface area (Å²) in [5.41, 5.74) is 1.34. The predicted molar refractivity (Wildman–Crippen MR) is 81.7 cm³/mol. The third-order valence-corrected chi connectivity index (χ3v) is 4.97. The van der Waals surface area contributed by atoms with Gasteiger partial charge < -0.3 is 10.6 Å². The highest BCUT2D eigenvalue weighted by Gasteiger charge is 2.22. The summed E-state index contributed by atoms with van der Waals surface area (Å²) in [5.74, 6) is -0.225. The number of nitrogens with one attached hydrogen (secondary N) is 3. The van der Waals surface area contributed by atoms with Gasteiger partial charge in [0, 0.05) is 25.2 Å². The summed E-state index contributed by atoms with van der Waals surface area (Å²) in [4.78, 5) is 11.3. The van der Waals surface area contributed by atoms with E-state index in [1.165, 1.54) is 13.0 Å². The van der Waals surface area contributed by atoms with Gasteiger partial charge >= 0.3 is 0 Å². The van der Waals surface area contributed by atoms with Crippen LogP contribution in [-0.4, -0.2) is 33.5 Å². The molecule has 1 aliphatic rings. The van der Waals surface area contributed by atoms with Crippen molar-refractivity contribution < 1.29 is 13.2 Å². The fourth-order valence-corrected chi connectivity index (χ4v) is 3.63. The number of aryl methyl sites for hydroxylation is 1. The largest absolute Gasteiger partial charge is 0.326 e. The van der Waals surface area contributed by atoms with Crippen molar-refractivity contribution in [1.29, 1.82) is 0 Å². The molecule has 1 amide bonds. The molecule has 1 fully saturated rings. The number of anilines is 1. The molecule has 0 aliphatic carbocycles. The standard InChI is InChI=1S/C14H21N3O3S/c1-10-5-6-13(8-14(10)16-11(2)18)21(19,20)17-12-4-3-7-15-9-12/h5-6,8,12,15,17H,3-4,7,9H2,1-2H3,(H,16,18). The van der Waals surface area contributed by atoms with Crippen LogP contribution in [-0.2, 0) is 14.8 Å². The van der Waals surface area contributed by atoms with E-state index in [4.69, 9.17) is 0 Å². The SMILES string of the molecule is CC(=O)Nc1cc(S(=O)(=O)NC2CCCNC2)ccc1C. The summed E-state index contributed by atoms with van der Waals surface area (Å²) in [5, 5.41) is 5.82. The van der Waals surface area contributed by atoms with Crippen molar-refractivity contribution in [3.63, 3.8) is 0 Å². The van der Waals surface area contributed by atoms with Gasteiger partial charge in [-0.05, 0) is 44.0 Å². The molecule has 0 aromatic heterocycles. The van der Waals surface area contributed by atoms with Gasteiger partial charge in [0.2, 0.25) is 15.9 Å². The lowest BCUT2D eigenvalue weighted by atomic mass is 10.1.